The first-order valence-corrected chi connectivity index (χ1v) is 3.47. The molecule has 1 aromatic rings. The highest BCUT2D eigenvalue weighted by Gasteiger charge is 2.01. The fourth-order valence-corrected chi connectivity index (χ4v) is 0.729. The summed E-state index contributed by atoms with van der Waals surface area (Å²) >= 11 is 0. The molecule has 0 aromatic heterocycles. The third kappa shape index (κ3) is 3.27. The van der Waals surface area contributed by atoms with Gasteiger partial charge in [0.05, 0.1) is 0 Å². The molecule has 0 aliphatic heterocycles. The van der Waals surface area contributed by atoms with Gasteiger partial charge in [0.2, 0.25) is 0 Å². The SMILES string of the molecule is CO.O=CC(O)c1ccccc1. The van der Waals surface area contributed by atoms with E-state index in [1.165, 1.54) is 0 Å². The van der Waals surface area contributed by atoms with Gasteiger partial charge in [-0.1, -0.05) is 30.3 Å². The van der Waals surface area contributed by atoms with E-state index in [9.17, 15) is 4.79 Å². The Morgan fingerprint density at radius 1 is 1.25 bits per heavy atom. The molecular weight excluding hydrogens is 156 g/mol. The van der Waals surface area contributed by atoms with Gasteiger partial charge in [0.15, 0.2) is 6.29 Å². The van der Waals surface area contributed by atoms with Gasteiger partial charge in [0.1, 0.15) is 6.10 Å². The predicted octanol–water partition coefficient (Wildman–Crippen LogP) is 0.527. The smallest absolute Gasteiger partial charge is 0.153 e. The van der Waals surface area contributed by atoms with Crippen molar-refractivity contribution < 1.29 is 15.0 Å². The molecule has 0 saturated carbocycles. The summed E-state index contributed by atoms with van der Waals surface area (Å²) in [6, 6.07) is 8.81. The third-order valence-electron chi connectivity index (χ3n) is 1.27. The van der Waals surface area contributed by atoms with E-state index in [1.807, 2.05) is 6.07 Å². The molecule has 1 unspecified atom stereocenters. The third-order valence-corrected chi connectivity index (χ3v) is 1.27. The minimum absolute atomic E-state index is 0.509. The van der Waals surface area contributed by atoms with Crippen molar-refractivity contribution in [3.05, 3.63) is 35.9 Å². The quantitative estimate of drug-likeness (QED) is 0.633. The van der Waals surface area contributed by atoms with E-state index < -0.39 is 6.10 Å². The Hall–Kier alpha value is -1.19. The van der Waals surface area contributed by atoms with Gasteiger partial charge >= 0.3 is 0 Å². The molecule has 0 saturated heterocycles. The van der Waals surface area contributed by atoms with Crippen LogP contribution in [0, 0.1) is 0 Å². The van der Waals surface area contributed by atoms with Crippen molar-refractivity contribution in [2.45, 2.75) is 6.10 Å². The molecular formula is C9H12O3. The van der Waals surface area contributed by atoms with Crippen LogP contribution in [0.3, 0.4) is 0 Å². The van der Waals surface area contributed by atoms with Crippen molar-refractivity contribution in [1.29, 1.82) is 0 Å². The first-order valence-electron chi connectivity index (χ1n) is 3.47. The second kappa shape index (κ2) is 6.52. The Kier molecular flexibility index (Phi) is 5.87. The summed E-state index contributed by atoms with van der Waals surface area (Å²) in [4.78, 5) is 10.1. The molecule has 0 amide bonds. The molecule has 0 aliphatic carbocycles. The minimum atomic E-state index is -0.971. The summed E-state index contributed by atoms with van der Waals surface area (Å²) in [5, 5.41) is 16.0. The molecule has 1 aromatic carbocycles. The number of carbonyl (C=O) groups excluding carboxylic acids is 1. The Morgan fingerprint density at radius 2 is 1.75 bits per heavy atom. The average Bonchev–Trinajstić information content (AvgIpc) is 2.21. The number of hydrogen-bond donors (Lipinski definition) is 2. The van der Waals surface area contributed by atoms with Crippen molar-refractivity contribution in [2.75, 3.05) is 7.11 Å². The van der Waals surface area contributed by atoms with E-state index >= 15 is 0 Å². The van der Waals surface area contributed by atoms with Crippen LogP contribution in [0.2, 0.25) is 0 Å². The number of aliphatic hydroxyl groups excluding tert-OH is 2. The number of hydrogen-bond acceptors (Lipinski definition) is 3. The summed E-state index contributed by atoms with van der Waals surface area (Å²) in [5.41, 5.74) is 0.637. The van der Waals surface area contributed by atoms with E-state index in [2.05, 4.69) is 0 Å². The van der Waals surface area contributed by atoms with Crippen LogP contribution in [0.25, 0.3) is 0 Å². The zero-order valence-electron chi connectivity index (χ0n) is 6.84. The molecule has 66 valence electrons. The molecule has 3 nitrogen and oxygen atoms in total. The van der Waals surface area contributed by atoms with Gasteiger partial charge in [-0.25, -0.2) is 0 Å². The van der Waals surface area contributed by atoms with Gasteiger partial charge in [-0.3, -0.25) is 0 Å². The lowest BCUT2D eigenvalue weighted by Crippen LogP contribution is -1.96. The molecule has 1 atom stereocenters. The molecule has 12 heavy (non-hydrogen) atoms. The van der Waals surface area contributed by atoms with E-state index in [0.717, 1.165) is 7.11 Å². The summed E-state index contributed by atoms with van der Waals surface area (Å²) in [6.07, 6.45) is -0.462. The fourth-order valence-electron chi connectivity index (χ4n) is 0.729. The van der Waals surface area contributed by atoms with Crippen molar-refractivity contribution in [2.24, 2.45) is 0 Å². The predicted molar refractivity (Wildman–Crippen MR) is 45.6 cm³/mol. The molecule has 0 radical (unpaired) electrons. The first kappa shape index (κ1) is 10.8. The second-order valence-electron chi connectivity index (χ2n) is 1.99. The van der Waals surface area contributed by atoms with Crippen molar-refractivity contribution in [3.63, 3.8) is 0 Å². The highest BCUT2D eigenvalue weighted by atomic mass is 16.3. The maximum absolute atomic E-state index is 10.1. The zero-order chi connectivity index (χ0) is 9.40. The van der Waals surface area contributed by atoms with Crippen LogP contribution < -0.4 is 0 Å². The molecule has 0 spiro atoms. The molecule has 0 fully saturated rings. The van der Waals surface area contributed by atoms with Crippen molar-refractivity contribution >= 4 is 6.29 Å². The highest BCUT2D eigenvalue weighted by Crippen LogP contribution is 2.07. The minimum Gasteiger partial charge on any atom is -0.400 e. The standard InChI is InChI=1S/C8H8O2.CH4O/c9-6-8(10)7-4-2-1-3-5-7;1-2/h1-6,8,10H;2H,1H3. The molecule has 1 rings (SSSR count). The molecule has 0 heterocycles. The molecule has 0 bridgehead atoms. The van der Waals surface area contributed by atoms with Crippen LogP contribution in [0.15, 0.2) is 30.3 Å². The first-order chi connectivity index (χ1) is 5.84. The summed E-state index contributed by atoms with van der Waals surface area (Å²) in [7, 11) is 1.00. The number of rotatable bonds is 2. The monoisotopic (exact) mass is 168 g/mol. The summed E-state index contributed by atoms with van der Waals surface area (Å²) in [6.45, 7) is 0. The second-order valence-corrected chi connectivity index (χ2v) is 1.99. The van der Waals surface area contributed by atoms with Crippen LogP contribution in [0.4, 0.5) is 0 Å². The van der Waals surface area contributed by atoms with E-state index in [4.69, 9.17) is 10.2 Å². The zero-order valence-corrected chi connectivity index (χ0v) is 6.84. The van der Waals surface area contributed by atoms with Crippen LogP contribution in [0.5, 0.6) is 0 Å². The maximum atomic E-state index is 10.1. The molecule has 2 N–H and O–H groups in total. The Balaban J connectivity index is 0.000000561. The topological polar surface area (TPSA) is 57.5 Å². The van der Waals surface area contributed by atoms with Crippen LogP contribution in [0.1, 0.15) is 11.7 Å². The fraction of sp³-hybridized carbons (Fsp3) is 0.222. The van der Waals surface area contributed by atoms with Gasteiger partial charge in [0.25, 0.3) is 0 Å². The largest absolute Gasteiger partial charge is 0.400 e. The number of aliphatic hydroxyl groups is 2. The van der Waals surface area contributed by atoms with Crippen molar-refractivity contribution in [1.82, 2.24) is 0 Å². The number of aldehydes is 1. The van der Waals surface area contributed by atoms with Crippen LogP contribution in [-0.2, 0) is 4.79 Å². The molecule has 3 heteroatoms. The van der Waals surface area contributed by atoms with Gasteiger partial charge in [-0.15, -0.1) is 0 Å². The number of benzene rings is 1. The Morgan fingerprint density at radius 3 is 2.17 bits per heavy atom. The van der Waals surface area contributed by atoms with Gasteiger partial charge < -0.3 is 15.0 Å². The highest BCUT2D eigenvalue weighted by molar-refractivity contribution is 5.59. The van der Waals surface area contributed by atoms with Crippen LogP contribution >= 0.6 is 0 Å². The van der Waals surface area contributed by atoms with Crippen molar-refractivity contribution in [3.8, 4) is 0 Å². The Labute approximate surface area is 71.3 Å². The Bertz CT molecular complexity index is 208. The van der Waals surface area contributed by atoms with Gasteiger partial charge in [-0.2, -0.15) is 0 Å². The normalized spacial score (nSPS) is 10.9. The molecule has 0 aliphatic rings. The lowest BCUT2D eigenvalue weighted by molar-refractivity contribution is -0.115. The van der Waals surface area contributed by atoms with Gasteiger partial charge in [0, 0.05) is 7.11 Å². The van der Waals surface area contributed by atoms with E-state index in [-0.39, 0.29) is 0 Å². The maximum Gasteiger partial charge on any atom is 0.153 e. The number of carbonyl (C=O) groups is 1. The van der Waals surface area contributed by atoms with E-state index in [0.29, 0.717) is 11.8 Å². The summed E-state index contributed by atoms with van der Waals surface area (Å²) < 4.78 is 0. The lowest BCUT2D eigenvalue weighted by atomic mass is 10.1. The lowest BCUT2D eigenvalue weighted by Gasteiger charge is -1.99. The summed E-state index contributed by atoms with van der Waals surface area (Å²) in [5.74, 6) is 0. The van der Waals surface area contributed by atoms with Gasteiger partial charge in [-0.05, 0) is 5.56 Å². The van der Waals surface area contributed by atoms with Crippen LogP contribution in [-0.4, -0.2) is 23.6 Å². The average molecular weight is 168 g/mol. The van der Waals surface area contributed by atoms with E-state index in [1.54, 1.807) is 24.3 Å².